The Morgan fingerprint density at radius 2 is 2.27 bits per heavy atom. The van der Waals surface area contributed by atoms with Crippen molar-refractivity contribution in [3.05, 3.63) is 11.8 Å². The smallest absolute Gasteiger partial charge is 0.332 e. The first-order valence-corrected chi connectivity index (χ1v) is 3.44. The minimum absolute atomic E-state index is 0.127. The van der Waals surface area contributed by atoms with Gasteiger partial charge in [-0.05, 0) is 15.9 Å². The monoisotopic (exact) mass is 228 g/mol. The van der Waals surface area contributed by atoms with Crippen molar-refractivity contribution < 1.29 is 13.9 Å². The van der Waals surface area contributed by atoms with Gasteiger partial charge >= 0.3 is 6.55 Å². The van der Waals surface area contributed by atoms with Crippen LogP contribution in [0.3, 0.4) is 0 Å². The van der Waals surface area contributed by atoms with Gasteiger partial charge in [0.15, 0.2) is 0 Å². The lowest BCUT2D eigenvalue weighted by molar-refractivity contribution is 0.160. The van der Waals surface area contributed by atoms with Crippen LogP contribution in [0.5, 0.6) is 0 Å². The average molecular weight is 229 g/mol. The van der Waals surface area contributed by atoms with Gasteiger partial charge in [-0.2, -0.15) is 8.78 Å². The third-order valence-electron chi connectivity index (χ3n) is 0.847. The Morgan fingerprint density at radius 1 is 1.73 bits per heavy atom. The van der Waals surface area contributed by atoms with E-state index in [0.717, 1.165) is 6.20 Å². The van der Waals surface area contributed by atoms with Crippen LogP contribution < -0.4 is 5.73 Å². The Kier molecular flexibility index (Phi) is 4.97. The minimum Gasteiger partial charge on any atom is -0.404 e. The zero-order valence-electron chi connectivity index (χ0n) is 5.47. The molecule has 0 saturated carbocycles. The number of nitrogens with zero attached hydrogens (tertiary/aromatic N) is 1. The lowest BCUT2D eigenvalue weighted by Crippen LogP contribution is -2.04. The van der Waals surface area contributed by atoms with Crippen LogP contribution in [-0.2, 0) is 0 Å². The number of aliphatic hydroxyl groups is 1. The third-order valence-corrected chi connectivity index (χ3v) is 1.56. The average Bonchev–Trinajstić information content (AvgIpc) is 1.88. The van der Waals surface area contributed by atoms with Crippen molar-refractivity contribution in [1.29, 1.82) is 0 Å². The first-order chi connectivity index (χ1) is 5.11. The first-order valence-electron chi connectivity index (χ1n) is 2.65. The summed E-state index contributed by atoms with van der Waals surface area (Å²) in [4.78, 5) is 2.81. The molecule has 0 unspecified atom stereocenters. The predicted molar refractivity (Wildman–Crippen MR) is 41.7 cm³/mol. The summed E-state index contributed by atoms with van der Waals surface area (Å²) in [6.45, 7) is -3.22. The van der Waals surface area contributed by atoms with Gasteiger partial charge in [-0.25, -0.2) is 4.99 Å². The topological polar surface area (TPSA) is 58.6 Å². The van der Waals surface area contributed by atoms with Crippen molar-refractivity contribution >= 4 is 20.6 Å². The van der Waals surface area contributed by atoms with Gasteiger partial charge in [0, 0.05) is 11.8 Å². The fourth-order valence-electron chi connectivity index (χ4n) is 0.355. The van der Waals surface area contributed by atoms with Gasteiger partial charge in [0.1, 0.15) is 4.62 Å². The fraction of sp³-hybridized carbons (Fsp3) is 0.400. The molecule has 0 saturated heterocycles. The number of aliphatic hydroxyl groups excluding tert-OH is 1. The van der Waals surface area contributed by atoms with E-state index in [-0.39, 0.29) is 10.2 Å². The quantitative estimate of drug-likeness (QED) is 0.556. The molecule has 0 spiro atoms. The maximum atomic E-state index is 11.6. The van der Waals surface area contributed by atoms with E-state index in [9.17, 15) is 8.78 Å². The second-order valence-electron chi connectivity index (χ2n) is 1.55. The molecular formula is C5H7BrF2N2O. The Labute approximate surface area is 70.7 Å². The van der Waals surface area contributed by atoms with Crippen LogP contribution in [0, 0.1) is 0 Å². The Morgan fingerprint density at radius 3 is 2.55 bits per heavy atom. The molecule has 0 rings (SSSR count). The maximum absolute atomic E-state index is 11.6. The SMILES string of the molecule is NC=C(CO)C(Br)=NC(F)F. The molecule has 0 aliphatic carbocycles. The molecule has 0 aliphatic heterocycles. The van der Waals surface area contributed by atoms with E-state index in [1.165, 1.54) is 0 Å². The van der Waals surface area contributed by atoms with Crippen molar-refractivity contribution in [2.45, 2.75) is 6.55 Å². The lowest BCUT2D eigenvalue weighted by Gasteiger charge is -1.98. The van der Waals surface area contributed by atoms with E-state index < -0.39 is 13.2 Å². The van der Waals surface area contributed by atoms with Crippen LogP contribution in [0.25, 0.3) is 0 Å². The standard InChI is InChI=1S/C5H7BrF2N2O/c6-4(10-5(7)8)3(1-9)2-11/h1,5,11H,2,9H2. The summed E-state index contributed by atoms with van der Waals surface area (Å²) in [7, 11) is 0. The zero-order chi connectivity index (χ0) is 8.85. The van der Waals surface area contributed by atoms with Crippen LogP contribution in [0.1, 0.15) is 0 Å². The van der Waals surface area contributed by atoms with Crippen molar-refractivity contribution in [2.24, 2.45) is 10.7 Å². The number of halogens is 3. The van der Waals surface area contributed by atoms with E-state index >= 15 is 0 Å². The summed E-state index contributed by atoms with van der Waals surface area (Å²) >= 11 is 2.73. The molecule has 3 nitrogen and oxygen atoms in total. The first kappa shape index (κ1) is 10.5. The third kappa shape index (κ3) is 4.05. The lowest BCUT2D eigenvalue weighted by atomic mass is 10.3. The van der Waals surface area contributed by atoms with E-state index in [1.54, 1.807) is 0 Å². The molecule has 0 aliphatic rings. The van der Waals surface area contributed by atoms with Crippen LogP contribution >= 0.6 is 15.9 Å². The normalized spacial score (nSPS) is 14.3. The number of hydrogen-bond donors (Lipinski definition) is 2. The predicted octanol–water partition coefficient (Wildman–Crippen LogP) is 0.837. The summed E-state index contributed by atoms with van der Waals surface area (Å²) in [6.07, 6.45) is 1.01. The van der Waals surface area contributed by atoms with Crippen LogP contribution in [0.2, 0.25) is 0 Å². The second-order valence-corrected chi connectivity index (χ2v) is 2.30. The maximum Gasteiger partial charge on any atom is 0.332 e. The van der Waals surface area contributed by atoms with E-state index in [4.69, 9.17) is 10.8 Å². The Balaban J connectivity index is 4.32. The molecular weight excluding hydrogens is 222 g/mol. The molecule has 0 radical (unpaired) electrons. The van der Waals surface area contributed by atoms with Gasteiger partial charge < -0.3 is 10.8 Å². The molecule has 6 heteroatoms. The summed E-state index contributed by atoms with van der Waals surface area (Å²) in [6, 6.07) is 0. The van der Waals surface area contributed by atoms with Crippen LogP contribution in [-0.4, -0.2) is 22.9 Å². The summed E-state index contributed by atoms with van der Waals surface area (Å²) in [5, 5.41) is 8.51. The van der Waals surface area contributed by atoms with Gasteiger partial charge in [-0.1, -0.05) is 0 Å². The Hall–Kier alpha value is -0.490. The molecule has 0 aromatic rings. The highest BCUT2D eigenvalue weighted by atomic mass is 79.9. The van der Waals surface area contributed by atoms with Gasteiger partial charge in [-0.3, -0.25) is 0 Å². The summed E-state index contributed by atoms with van der Waals surface area (Å²) in [5.41, 5.74) is 5.11. The molecule has 0 bridgehead atoms. The highest BCUT2D eigenvalue weighted by molar-refractivity contribution is 9.18. The van der Waals surface area contributed by atoms with E-state index in [0.29, 0.717) is 0 Å². The molecule has 64 valence electrons. The van der Waals surface area contributed by atoms with Crippen LogP contribution in [0.4, 0.5) is 8.78 Å². The number of alkyl halides is 2. The second kappa shape index (κ2) is 5.20. The highest BCUT2D eigenvalue weighted by Crippen LogP contribution is 2.06. The molecule has 11 heavy (non-hydrogen) atoms. The molecule has 0 amide bonds. The van der Waals surface area contributed by atoms with Crippen molar-refractivity contribution in [1.82, 2.24) is 0 Å². The van der Waals surface area contributed by atoms with Gasteiger partial charge in [0.25, 0.3) is 0 Å². The van der Waals surface area contributed by atoms with Gasteiger partial charge in [-0.15, -0.1) is 0 Å². The van der Waals surface area contributed by atoms with Crippen molar-refractivity contribution in [3.63, 3.8) is 0 Å². The van der Waals surface area contributed by atoms with Gasteiger partial charge in [0.2, 0.25) is 0 Å². The van der Waals surface area contributed by atoms with Crippen molar-refractivity contribution in [2.75, 3.05) is 6.61 Å². The summed E-state index contributed by atoms with van der Waals surface area (Å²) in [5.74, 6) is 0. The number of hydrogen-bond acceptors (Lipinski definition) is 3. The molecule has 0 aromatic heterocycles. The molecule has 0 atom stereocenters. The summed E-state index contributed by atoms with van der Waals surface area (Å²) < 4.78 is 23.0. The molecule has 0 heterocycles. The van der Waals surface area contributed by atoms with Gasteiger partial charge in [0.05, 0.1) is 6.61 Å². The highest BCUT2D eigenvalue weighted by Gasteiger charge is 2.04. The largest absolute Gasteiger partial charge is 0.404 e. The fourth-order valence-corrected chi connectivity index (χ4v) is 0.768. The Bertz CT molecular complexity index is 181. The molecule has 0 fully saturated rings. The van der Waals surface area contributed by atoms with E-state index in [1.807, 2.05) is 0 Å². The van der Waals surface area contributed by atoms with Crippen molar-refractivity contribution in [3.8, 4) is 0 Å². The zero-order valence-corrected chi connectivity index (χ0v) is 7.05. The molecule has 0 aromatic carbocycles. The van der Waals surface area contributed by atoms with E-state index in [2.05, 4.69) is 20.9 Å². The number of nitrogens with two attached hydrogens (primary N) is 1. The molecule has 3 N–H and O–H groups in total. The number of aliphatic imine (C=N–C) groups is 1. The van der Waals surface area contributed by atoms with Crippen LogP contribution in [0.15, 0.2) is 16.8 Å². The minimum atomic E-state index is -2.80. The number of rotatable bonds is 3.